The molecule has 6 heteroatoms. The molecule has 5 nitrogen and oxygen atoms in total. The van der Waals surface area contributed by atoms with E-state index in [0.29, 0.717) is 6.42 Å². The van der Waals surface area contributed by atoms with Crippen molar-refractivity contribution in [1.82, 2.24) is 9.03 Å². The Bertz CT molecular complexity index is 249. The van der Waals surface area contributed by atoms with Crippen LogP contribution < -0.4 is 4.72 Å². The Morgan fingerprint density at radius 2 is 1.86 bits per heavy atom. The molecule has 1 unspecified atom stereocenters. The first kappa shape index (κ1) is 13.8. The highest BCUT2D eigenvalue weighted by molar-refractivity contribution is 7.87. The Morgan fingerprint density at radius 3 is 2.21 bits per heavy atom. The Kier molecular flexibility index (Phi) is 5.58. The topological polar surface area (TPSA) is 69.6 Å². The first-order valence-corrected chi connectivity index (χ1v) is 6.12. The van der Waals surface area contributed by atoms with Crippen LogP contribution in [-0.4, -0.2) is 43.6 Å². The van der Waals surface area contributed by atoms with Gasteiger partial charge in [0.25, 0.3) is 10.2 Å². The van der Waals surface area contributed by atoms with Crippen molar-refractivity contribution in [2.75, 3.05) is 13.6 Å². The van der Waals surface area contributed by atoms with Gasteiger partial charge in [-0.2, -0.15) is 12.7 Å². The van der Waals surface area contributed by atoms with Gasteiger partial charge in [-0.3, -0.25) is 0 Å². The molecule has 2 N–H and O–H groups in total. The molecule has 0 aliphatic carbocycles. The molecular formula is C8H20N2O3S. The monoisotopic (exact) mass is 224 g/mol. The summed E-state index contributed by atoms with van der Waals surface area (Å²) in [6, 6.07) is -0.0703. The third-order valence-electron chi connectivity index (χ3n) is 1.95. The van der Waals surface area contributed by atoms with Gasteiger partial charge in [0.05, 0.1) is 6.10 Å². The number of rotatable bonds is 6. The smallest absolute Gasteiger partial charge is 0.279 e. The molecule has 0 aromatic carbocycles. The Morgan fingerprint density at radius 1 is 1.36 bits per heavy atom. The molecule has 0 saturated carbocycles. The largest absolute Gasteiger partial charge is 0.393 e. The Labute approximate surface area is 86.3 Å². The standard InChI is InChI=1S/C8H20N2O3S/c1-7(2)10(4)14(12,13)9-6-5-8(3)11/h7-9,11H,5-6H2,1-4H3. The molecule has 0 spiro atoms. The van der Waals surface area contributed by atoms with Crippen molar-refractivity contribution in [1.29, 1.82) is 0 Å². The predicted molar refractivity (Wildman–Crippen MR) is 56.1 cm³/mol. The Balaban J connectivity index is 4.09. The van der Waals surface area contributed by atoms with Crippen molar-refractivity contribution < 1.29 is 13.5 Å². The molecule has 0 aliphatic heterocycles. The minimum atomic E-state index is -3.38. The summed E-state index contributed by atoms with van der Waals surface area (Å²) in [6.45, 7) is 5.49. The SMILES string of the molecule is CC(O)CCNS(=O)(=O)N(C)C(C)C. The van der Waals surface area contributed by atoms with Gasteiger partial charge >= 0.3 is 0 Å². The summed E-state index contributed by atoms with van der Waals surface area (Å²) in [5, 5.41) is 8.95. The van der Waals surface area contributed by atoms with Gasteiger partial charge in [0.2, 0.25) is 0 Å². The van der Waals surface area contributed by atoms with Crippen LogP contribution in [0.3, 0.4) is 0 Å². The molecule has 86 valence electrons. The molecule has 0 bridgehead atoms. The maximum atomic E-state index is 11.5. The van der Waals surface area contributed by atoms with E-state index in [1.807, 2.05) is 0 Å². The zero-order chi connectivity index (χ0) is 11.4. The van der Waals surface area contributed by atoms with Crippen LogP contribution >= 0.6 is 0 Å². The minimum Gasteiger partial charge on any atom is -0.393 e. The normalized spacial score (nSPS) is 15.1. The predicted octanol–water partition coefficient (Wildman–Crippen LogP) is -0.0681. The molecule has 0 aromatic rings. The lowest BCUT2D eigenvalue weighted by Gasteiger charge is -2.21. The Hall–Kier alpha value is -0.170. The molecule has 0 amide bonds. The third-order valence-corrected chi connectivity index (χ3v) is 3.70. The van der Waals surface area contributed by atoms with Gasteiger partial charge in [-0.15, -0.1) is 0 Å². The fraction of sp³-hybridized carbons (Fsp3) is 1.00. The summed E-state index contributed by atoms with van der Waals surface area (Å²) < 4.78 is 26.6. The first-order valence-electron chi connectivity index (χ1n) is 4.68. The number of hydrogen-bond acceptors (Lipinski definition) is 3. The summed E-state index contributed by atoms with van der Waals surface area (Å²) in [7, 11) is -1.86. The lowest BCUT2D eigenvalue weighted by atomic mass is 10.3. The molecule has 0 radical (unpaired) electrons. The average Bonchev–Trinajstić information content (AvgIpc) is 2.01. The maximum absolute atomic E-state index is 11.5. The van der Waals surface area contributed by atoms with Gasteiger partial charge < -0.3 is 5.11 Å². The molecule has 0 rings (SSSR count). The highest BCUT2D eigenvalue weighted by Crippen LogP contribution is 2.00. The van der Waals surface area contributed by atoms with E-state index in [1.54, 1.807) is 20.8 Å². The third kappa shape index (κ3) is 4.90. The van der Waals surface area contributed by atoms with Gasteiger partial charge in [0.1, 0.15) is 0 Å². The molecule has 0 aromatic heterocycles. The number of hydrogen-bond donors (Lipinski definition) is 2. The highest BCUT2D eigenvalue weighted by atomic mass is 32.2. The molecule has 14 heavy (non-hydrogen) atoms. The maximum Gasteiger partial charge on any atom is 0.279 e. The number of aliphatic hydroxyl groups is 1. The molecule has 1 atom stereocenters. The van der Waals surface area contributed by atoms with Crippen LogP contribution in [-0.2, 0) is 10.2 Å². The van der Waals surface area contributed by atoms with Crippen molar-refractivity contribution >= 4 is 10.2 Å². The van der Waals surface area contributed by atoms with Crippen LogP contribution in [0.1, 0.15) is 27.2 Å². The van der Waals surface area contributed by atoms with Crippen LogP contribution in [0.15, 0.2) is 0 Å². The number of aliphatic hydroxyl groups excluding tert-OH is 1. The van der Waals surface area contributed by atoms with Crippen LogP contribution in [0.5, 0.6) is 0 Å². The van der Waals surface area contributed by atoms with Gasteiger partial charge in [-0.1, -0.05) is 0 Å². The van der Waals surface area contributed by atoms with E-state index in [4.69, 9.17) is 5.11 Å². The van der Waals surface area contributed by atoms with Crippen LogP contribution in [0, 0.1) is 0 Å². The van der Waals surface area contributed by atoms with Crippen LogP contribution in [0.25, 0.3) is 0 Å². The summed E-state index contributed by atoms with van der Waals surface area (Å²) in [6.07, 6.45) is -0.0624. The zero-order valence-electron chi connectivity index (χ0n) is 9.19. The average molecular weight is 224 g/mol. The van der Waals surface area contributed by atoms with E-state index in [0.717, 1.165) is 0 Å². The second-order valence-electron chi connectivity index (χ2n) is 3.65. The summed E-state index contributed by atoms with van der Waals surface area (Å²) in [5.74, 6) is 0. The van der Waals surface area contributed by atoms with Gasteiger partial charge in [-0.25, -0.2) is 4.72 Å². The minimum absolute atomic E-state index is 0.0703. The van der Waals surface area contributed by atoms with E-state index < -0.39 is 16.3 Å². The van der Waals surface area contributed by atoms with E-state index in [1.165, 1.54) is 11.4 Å². The zero-order valence-corrected chi connectivity index (χ0v) is 10.0. The van der Waals surface area contributed by atoms with Crippen LogP contribution in [0.4, 0.5) is 0 Å². The summed E-state index contributed by atoms with van der Waals surface area (Å²) in [4.78, 5) is 0. The lowest BCUT2D eigenvalue weighted by molar-refractivity contribution is 0.186. The van der Waals surface area contributed by atoms with E-state index in [9.17, 15) is 8.42 Å². The van der Waals surface area contributed by atoms with Crippen molar-refractivity contribution in [2.45, 2.75) is 39.3 Å². The van der Waals surface area contributed by atoms with Gasteiger partial charge in [0, 0.05) is 19.6 Å². The van der Waals surface area contributed by atoms with E-state index in [2.05, 4.69) is 4.72 Å². The fourth-order valence-corrected chi connectivity index (χ4v) is 1.91. The highest BCUT2D eigenvalue weighted by Gasteiger charge is 2.19. The fourth-order valence-electron chi connectivity index (χ4n) is 0.776. The second kappa shape index (κ2) is 5.65. The van der Waals surface area contributed by atoms with Crippen molar-refractivity contribution in [3.8, 4) is 0 Å². The van der Waals surface area contributed by atoms with Crippen molar-refractivity contribution in [2.24, 2.45) is 0 Å². The van der Waals surface area contributed by atoms with Gasteiger partial charge in [-0.05, 0) is 27.2 Å². The van der Waals surface area contributed by atoms with Gasteiger partial charge in [0.15, 0.2) is 0 Å². The van der Waals surface area contributed by atoms with E-state index >= 15 is 0 Å². The number of nitrogens with zero attached hydrogens (tertiary/aromatic N) is 1. The van der Waals surface area contributed by atoms with E-state index in [-0.39, 0.29) is 12.6 Å². The summed E-state index contributed by atoms with van der Waals surface area (Å²) >= 11 is 0. The molecule has 0 saturated heterocycles. The molecule has 0 aliphatic rings. The number of nitrogens with one attached hydrogen (secondary N) is 1. The molecule has 0 fully saturated rings. The molecular weight excluding hydrogens is 204 g/mol. The van der Waals surface area contributed by atoms with Crippen LogP contribution in [0.2, 0.25) is 0 Å². The van der Waals surface area contributed by atoms with Crippen molar-refractivity contribution in [3.05, 3.63) is 0 Å². The first-order chi connectivity index (χ1) is 6.27. The lowest BCUT2D eigenvalue weighted by Crippen LogP contribution is -2.42. The second-order valence-corrected chi connectivity index (χ2v) is 5.46. The quantitative estimate of drug-likeness (QED) is 0.663. The molecule has 0 heterocycles. The van der Waals surface area contributed by atoms with Crippen molar-refractivity contribution in [3.63, 3.8) is 0 Å². The summed E-state index contributed by atoms with van der Waals surface area (Å²) in [5.41, 5.74) is 0.